The molecule has 0 aliphatic carbocycles. The molecular weight excluding hydrogens is 394 g/mol. The van der Waals surface area contributed by atoms with E-state index in [1.807, 2.05) is 42.5 Å². The predicted octanol–water partition coefficient (Wildman–Crippen LogP) is 5.81. The van der Waals surface area contributed by atoms with E-state index in [2.05, 4.69) is 28.1 Å². The Morgan fingerprint density at radius 3 is 2.37 bits per heavy atom. The number of anilines is 1. The summed E-state index contributed by atoms with van der Waals surface area (Å²) in [6.07, 6.45) is 0. The minimum absolute atomic E-state index is 0.253. The van der Waals surface area contributed by atoms with Gasteiger partial charge in [-0.3, -0.25) is 0 Å². The first kappa shape index (κ1) is 19.7. The molecule has 2 N–H and O–H groups in total. The van der Waals surface area contributed by atoms with Crippen LogP contribution in [0.2, 0.25) is 0 Å². The Morgan fingerprint density at radius 1 is 0.933 bits per heavy atom. The molecule has 6 heteroatoms. The van der Waals surface area contributed by atoms with E-state index in [1.165, 1.54) is 0 Å². The van der Waals surface area contributed by atoms with Gasteiger partial charge in [-0.25, -0.2) is 9.78 Å². The number of nitrogens with zero attached hydrogens (tertiary/aromatic N) is 1. The van der Waals surface area contributed by atoms with Crippen molar-refractivity contribution in [3.63, 3.8) is 0 Å². The maximum Gasteiger partial charge on any atom is 0.319 e. The molecule has 0 atom stereocenters. The molecule has 150 valence electrons. The van der Waals surface area contributed by atoms with E-state index in [1.54, 1.807) is 42.7 Å². The number of hydrogen-bond acceptors (Lipinski definition) is 4. The van der Waals surface area contributed by atoms with Crippen LogP contribution in [0.1, 0.15) is 5.56 Å². The maximum absolute atomic E-state index is 12.1. The molecule has 5 nitrogen and oxygen atoms in total. The molecule has 0 bridgehead atoms. The standard InChI is InChI=1S/C24H21N3O2S/c1-29-21-13-11-20(12-14-21)26-24(28)25-15-17-7-9-19(10-8-17)23-27-22(16-30-23)18-5-3-2-4-6-18/h2-14,16H,15H2,1H3,(H2,25,26,28). The number of amides is 2. The van der Waals surface area contributed by atoms with E-state index in [4.69, 9.17) is 9.72 Å². The van der Waals surface area contributed by atoms with Crippen LogP contribution in [0.3, 0.4) is 0 Å². The second kappa shape index (κ2) is 9.24. The first-order valence-corrected chi connectivity index (χ1v) is 10.4. The van der Waals surface area contributed by atoms with Gasteiger partial charge in [0.25, 0.3) is 0 Å². The Labute approximate surface area is 179 Å². The second-order valence-electron chi connectivity index (χ2n) is 6.64. The Bertz CT molecular complexity index is 1110. The lowest BCUT2D eigenvalue weighted by atomic mass is 10.1. The zero-order valence-corrected chi connectivity index (χ0v) is 17.3. The molecule has 1 heterocycles. The van der Waals surface area contributed by atoms with Gasteiger partial charge in [-0.1, -0.05) is 54.6 Å². The highest BCUT2D eigenvalue weighted by atomic mass is 32.1. The molecular formula is C24H21N3O2S. The zero-order chi connectivity index (χ0) is 20.8. The lowest BCUT2D eigenvalue weighted by Crippen LogP contribution is -2.28. The highest BCUT2D eigenvalue weighted by Crippen LogP contribution is 2.28. The van der Waals surface area contributed by atoms with Crippen LogP contribution in [-0.4, -0.2) is 18.1 Å². The summed E-state index contributed by atoms with van der Waals surface area (Å²) < 4.78 is 5.11. The minimum atomic E-state index is -0.253. The maximum atomic E-state index is 12.1. The number of ether oxygens (including phenoxy) is 1. The largest absolute Gasteiger partial charge is 0.497 e. The van der Waals surface area contributed by atoms with Crippen molar-refractivity contribution in [3.05, 3.63) is 89.8 Å². The van der Waals surface area contributed by atoms with Gasteiger partial charge < -0.3 is 15.4 Å². The summed E-state index contributed by atoms with van der Waals surface area (Å²) in [4.78, 5) is 16.8. The van der Waals surface area contributed by atoms with Crippen molar-refractivity contribution in [1.29, 1.82) is 0 Å². The number of carbonyl (C=O) groups is 1. The van der Waals surface area contributed by atoms with Gasteiger partial charge in [0.15, 0.2) is 0 Å². The predicted molar refractivity (Wildman–Crippen MR) is 122 cm³/mol. The lowest BCUT2D eigenvalue weighted by molar-refractivity contribution is 0.251. The molecule has 4 aromatic rings. The molecule has 0 aliphatic heterocycles. The third-order valence-corrected chi connectivity index (χ3v) is 5.47. The molecule has 0 saturated carbocycles. The number of thiazole rings is 1. The van der Waals surface area contributed by atoms with Crippen molar-refractivity contribution in [2.75, 3.05) is 12.4 Å². The van der Waals surface area contributed by atoms with Crippen molar-refractivity contribution in [1.82, 2.24) is 10.3 Å². The first-order valence-electron chi connectivity index (χ1n) is 9.50. The Morgan fingerprint density at radius 2 is 1.67 bits per heavy atom. The zero-order valence-electron chi connectivity index (χ0n) is 16.5. The average Bonchev–Trinajstić information content (AvgIpc) is 3.29. The van der Waals surface area contributed by atoms with Gasteiger partial charge in [0, 0.05) is 28.7 Å². The molecule has 30 heavy (non-hydrogen) atoms. The van der Waals surface area contributed by atoms with Crippen molar-refractivity contribution in [2.45, 2.75) is 6.54 Å². The van der Waals surface area contributed by atoms with Crippen LogP contribution in [-0.2, 0) is 6.54 Å². The highest BCUT2D eigenvalue weighted by Gasteiger charge is 2.07. The van der Waals surface area contributed by atoms with Gasteiger partial charge in [0.1, 0.15) is 10.8 Å². The SMILES string of the molecule is COc1ccc(NC(=O)NCc2ccc(-c3nc(-c4ccccc4)cs3)cc2)cc1. The number of urea groups is 1. The number of hydrogen-bond donors (Lipinski definition) is 2. The quantitative estimate of drug-likeness (QED) is 0.418. The summed E-state index contributed by atoms with van der Waals surface area (Å²) in [5.41, 5.74) is 4.89. The minimum Gasteiger partial charge on any atom is -0.497 e. The summed E-state index contributed by atoms with van der Waals surface area (Å²) in [5.74, 6) is 0.747. The summed E-state index contributed by atoms with van der Waals surface area (Å²) in [6.45, 7) is 0.440. The Balaban J connectivity index is 1.33. The van der Waals surface area contributed by atoms with E-state index < -0.39 is 0 Å². The van der Waals surface area contributed by atoms with Crippen LogP contribution in [0, 0.1) is 0 Å². The lowest BCUT2D eigenvalue weighted by Gasteiger charge is -2.08. The summed E-state index contributed by atoms with van der Waals surface area (Å²) >= 11 is 1.63. The molecule has 3 aromatic carbocycles. The number of nitrogens with one attached hydrogen (secondary N) is 2. The van der Waals surface area contributed by atoms with Gasteiger partial charge in [-0.05, 0) is 29.8 Å². The van der Waals surface area contributed by atoms with Crippen LogP contribution < -0.4 is 15.4 Å². The summed E-state index contributed by atoms with van der Waals surface area (Å²) in [5, 5.41) is 8.72. The summed E-state index contributed by atoms with van der Waals surface area (Å²) in [6, 6.07) is 25.2. The van der Waals surface area contributed by atoms with Gasteiger partial charge in [-0.15, -0.1) is 11.3 Å². The third-order valence-electron chi connectivity index (χ3n) is 4.58. The van der Waals surface area contributed by atoms with Gasteiger partial charge in [0.05, 0.1) is 12.8 Å². The van der Waals surface area contributed by atoms with Crippen molar-refractivity contribution < 1.29 is 9.53 Å². The van der Waals surface area contributed by atoms with E-state index >= 15 is 0 Å². The van der Waals surface area contributed by atoms with Gasteiger partial charge in [-0.2, -0.15) is 0 Å². The van der Waals surface area contributed by atoms with Gasteiger partial charge >= 0.3 is 6.03 Å². The van der Waals surface area contributed by atoms with Crippen molar-refractivity contribution in [2.24, 2.45) is 0 Å². The topological polar surface area (TPSA) is 63.2 Å². The highest BCUT2D eigenvalue weighted by molar-refractivity contribution is 7.13. The van der Waals surface area contributed by atoms with Crippen molar-refractivity contribution >= 4 is 23.1 Å². The Hall–Kier alpha value is -3.64. The average molecular weight is 416 g/mol. The summed E-state index contributed by atoms with van der Waals surface area (Å²) in [7, 11) is 1.61. The van der Waals surface area contributed by atoms with E-state index in [-0.39, 0.29) is 6.03 Å². The number of carbonyl (C=O) groups excluding carboxylic acids is 1. The second-order valence-corrected chi connectivity index (χ2v) is 7.50. The molecule has 0 fully saturated rings. The molecule has 2 amide bonds. The molecule has 1 aromatic heterocycles. The normalized spacial score (nSPS) is 10.4. The fourth-order valence-corrected chi connectivity index (χ4v) is 3.78. The van der Waals surface area contributed by atoms with Crippen LogP contribution in [0.5, 0.6) is 5.75 Å². The number of methoxy groups -OCH3 is 1. The number of aromatic nitrogens is 1. The molecule has 4 rings (SSSR count). The first-order chi connectivity index (χ1) is 14.7. The molecule has 0 spiro atoms. The number of benzene rings is 3. The van der Waals surface area contributed by atoms with Gasteiger partial charge in [0.2, 0.25) is 0 Å². The monoisotopic (exact) mass is 415 g/mol. The van der Waals surface area contributed by atoms with Crippen LogP contribution >= 0.6 is 11.3 Å². The third kappa shape index (κ3) is 4.85. The van der Waals surface area contributed by atoms with Crippen molar-refractivity contribution in [3.8, 4) is 27.6 Å². The molecule has 0 saturated heterocycles. The smallest absolute Gasteiger partial charge is 0.319 e. The van der Waals surface area contributed by atoms with E-state index in [0.29, 0.717) is 12.2 Å². The fourth-order valence-electron chi connectivity index (χ4n) is 2.94. The van der Waals surface area contributed by atoms with Crippen LogP contribution in [0.4, 0.5) is 10.5 Å². The van der Waals surface area contributed by atoms with E-state index in [9.17, 15) is 4.79 Å². The number of rotatable bonds is 6. The fraction of sp³-hybridized carbons (Fsp3) is 0.0833. The molecule has 0 aliphatic rings. The van der Waals surface area contributed by atoms with Crippen LogP contribution in [0.15, 0.2) is 84.2 Å². The Kier molecular flexibility index (Phi) is 6.06. The molecule has 0 radical (unpaired) electrons. The van der Waals surface area contributed by atoms with E-state index in [0.717, 1.165) is 33.1 Å². The molecule has 0 unspecified atom stereocenters. The van der Waals surface area contributed by atoms with Crippen LogP contribution in [0.25, 0.3) is 21.8 Å².